The fourth-order valence-corrected chi connectivity index (χ4v) is 10.8. The first-order chi connectivity index (χ1) is 9.52. The Bertz CT molecular complexity index is 462. The van der Waals surface area contributed by atoms with Gasteiger partial charge in [-0.25, -0.2) is 0 Å². The average molecular weight is 373 g/mol. The fourth-order valence-electron chi connectivity index (χ4n) is 2.96. The summed E-state index contributed by atoms with van der Waals surface area (Å²) in [7, 11) is -2.30. The summed E-state index contributed by atoms with van der Waals surface area (Å²) in [5, 5.41) is 0. The minimum absolute atomic E-state index is 0.148. The maximum absolute atomic E-state index is 13.8. The van der Waals surface area contributed by atoms with E-state index in [4.69, 9.17) is 0 Å². The van der Waals surface area contributed by atoms with Crippen LogP contribution in [0.2, 0.25) is 0 Å². The molecule has 0 amide bonds. The molecule has 0 unspecified atom stereocenters. The molecule has 3 heteroatoms. The van der Waals surface area contributed by atoms with Crippen LogP contribution in [-0.4, -0.2) is 20.6 Å². The molecule has 0 atom stereocenters. The van der Waals surface area contributed by atoms with Crippen molar-refractivity contribution >= 4 is 22.1 Å². The molecule has 1 fully saturated rings. The second kappa shape index (κ2) is 6.03. The molecule has 120 valence electrons. The van der Waals surface area contributed by atoms with Crippen molar-refractivity contribution in [2.45, 2.75) is 79.3 Å². The second-order valence-electron chi connectivity index (χ2n) is 8.64. The van der Waals surface area contributed by atoms with E-state index in [0.717, 1.165) is 12.8 Å². The topological polar surface area (TPSA) is 17.1 Å². The maximum atomic E-state index is 13.8. The van der Waals surface area contributed by atoms with Gasteiger partial charge >= 0.3 is 137 Å². The third-order valence-corrected chi connectivity index (χ3v) is 12.2. The zero-order valence-electron chi connectivity index (χ0n) is 14.5. The monoisotopic (exact) mass is 374 g/mol. The van der Waals surface area contributed by atoms with E-state index in [9.17, 15) is 4.57 Å². The van der Waals surface area contributed by atoms with Gasteiger partial charge in [0, 0.05) is 0 Å². The molecule has 0 aromatic rings. The Morgan fingerprint density at radius 1 is 0.905 bits per heavy atom. The van der Waals surface area contributed by atoms with Crippen molar-refractivity contribution in [1.82, 2.24) is 0 Å². The number of hydrogen-bond acceptors (Lipinski definition) is 1. The molecule has 1 saturated carbocycles. The van der Waals surface area contributed by atoms with E-state index in [1.807, 2.05) is 0 Å². The van der Waals surface area contributed by atoms with Gasteiger partial charge in [-0.15, -0.1) is 0 Å². The Balaban J connectivity index is 2.44. The summed E-state index contributed by atoms with van der Waals surface area (Å²) in [6.07, 6.45) is 6.17. The van der Waals surface area contributed by atoms with Crippen LogP contribution >= 0.6 is 7.14 Å². The van der Waals surface area contributed by atoms with Crippen molar-refractivity contribution in [1.29, 1.82) is 0 Å². The van der Waals surface area contributed by atoms with Crippen LogP contribution < -0.4 is 0 Å². The Morgan fingerprint density at radius 3 is 1.71 bits per heavy atom. The molecule has 0 N–H and O–H groups in total. The molecular formula is C18H31OPSe. The van der Waals surface area contributed by atoms with Crippen molar-refractivity contribution in [2.24, 2.45) is 10.8 Å². The zero-order valence-corrected chi connectivity index (χ0v) is 17.1. The summed E-state index contributed by atoms with van der Waals surface area (Å²) in [5.74, 6) is 4.47. The Morgan fingerprint density at radius 2 is 1.33 bits per heavy atom. The molecule has 2 aliphatic rings. The molecule has 21 heavy (non-hydrogen) atoms. The average Bonchev–Trinajstić information content (AvgIpc) is 2.37. The zero-order chi connectivity index (χ0) is 15.9. The Labute approximate surface area is 137 Å². The van der Waals surface area contributed by atoms with E-state index in [2.05, 4.69) is 53.2 Å². The van der Waals surface area contributed by atoms with Crippen molar-refractivity contribution in [2.75, 3.05) is 0 Å². The van der Waals surface area contributed by atoms with Gasteiger partial charge in [0.05, 0.1) is 0 Å². The molecule has 0 saturated heterocycles. The molecule has 1 nitrogen and oxygen atoms in total. The normalized spacial score (nSPS) is 24.5. The number of allylic oxidation sites excluding steroid dienone is 2. The predicted octanol–water partition coefficient (Wildman–Crippen LogP) is 6.18. The first kappa shape index (κ1) is 17.6. The van der Waals surface area contributed by atoms with Gasteiger partial charge in [0.2, 0.25) is 0 Å². The summed E-state index contributed by atoms with van der Waals surface area (Å²) in [5.41, 5.74) is 0.710. The summed E-state index contributed by atoms with van der Waals surface area (Å²) in [6.45, 7) is 13.7. The molecule has 0 bridgehead atoms. The summed E-state index contributed by atoms with van der Waals surface area (Å²) in [4.78, 5) is 0. The molecule has 1 heterocycles. The van der Waals surface area contributed by atoms with Crippen LogP contribution in [0.4, 0.5) is 0 Å². The van der Waals surface area contributed by atoms with Crippen LogP contribution in [0, 0.1) is 10.8 Å². The van der Waals surface area contributed by atoms with E-state index in [0.29, 0.717) is 20.6 Å². The standard InChI is InChI=1S/C18H31OPSe/c1-17(2,3)15-12-20(19,14-10-8-7-9-11-14)13-16(21-15)18(4,5)6/h12-14H,7-11H2,1-6H3. The Hall–Kier alpha value is 0.229. The molecule has 1 aliphatic carbocycles. The fraction of sp³-hybridized carbons (Fsp3) is 0.778. The van der Waals surface area contributed by atoms with Crippen LogP contribution in [0.5, 0.6) is 0 Å². The van der Waals surface area contributed by atoms with Crippen LogP contribution in [-0.2, 0) is 4.57 Å². The third-order valence-electron chi connectivity index (χ3n) is 4.48. The summed E-state index contributed by atoms with van der Waals surface area (Å²) < 4.78 is 16.7. The summed E-state index contributed by atoms with van der Waals surface area (Å²) in [6, 6.07) is 0. The Kier molecular flexibility index (Phi) is 5.05. The van der Waals surface area contributed by atoms with Gasteiger partial charge in [0.25, 0.3) is 0 Å². The van der Waals surface area contributed by atoms with Crippen LogP contribution in [0.1, 0.15) is 73.6 Å². The molecule has 0 radical (unpaired) electrons. The van der Waals surface area contributed by atoms with Gasteiger partial charge in [-0.3, -0.25) is 0 Å². The minimum atomic E-state index is -2.30. The van der Waals surface area contributed by atoms with Crippen LogP contribution in [0.15, 0.2) is 20.6 Å². The van der Waals surface area contributed by atoms with E-state index >= 15 is 0 Å². The van der Waals surface area contributed by atoms with Crippen molar-refractivity contribution in [3.05, 3.63) is 20.6 Å². The van der Waals surface area contributed by atoms with E-state index in [1.54, 1.807) is 0 Å². The van der Waals surface area contributed by atoms with Crippen molar-refractivity contribution in [3.8, 4) is 0 Å². The van der Waals surface area contributed by atoms with E-state index in [-0.39, 0.29) is 10.8 Å². The van der Waals surface area contributed by atoms with Gasteiger partial charge in [0.1, 0.15) is 0 Å². The molecule has 1 aliphatic heterocycles. The first-order valence-corrected chi connectivity index (χ1v) is 11.9. The van der Waals surface area contributed by atoms with Crippen LogP contribution in [0.25, 0.3) is 0 Å². The van der Waals surface area contributed by atoms with Gasteiger partial charge in [-0.2, -0.15) is 0 Å². The van der Waals surface area contributed by atoms with Crippen molar-refractivity contribution < 1.29 is 4.57 Å². The van der Waals surface area contributed by atoms with E-state index < -0.39 is 7.14 Å². The second-order valence-corrected chi connectivity index (χ2v) is 13.7. The molecule has 2 rings (SSSR count). The number of hydrogen-bond donors (Lipinski definition) is 0. The third kappa shape index (κ3) is 4.15. The first-order valence-electron chi connectivity index (χ1n) is 8.26. The quantitative estimate of drug-likeness (QED) is 0.396. The van der Waals surface area contributed by atoms with E-state index in [1.165, 1.54) is 28.2 Å². The van der Waals surface area contributed by atoms with Gasteiger partial charge in [-0.1, -0.05) is 0 Å². The molecular weight excluding hydrogens is 342 g/mol. The SMILES string of the molecule is CC(C)(C)C1=CP(=O)(C2CCCCC2)C=C(C(C)(C)C)[Se]1. The van der Waals surface area contributed by atoms with Gasteiger partial charge in [0.15, 0.2) is 0 Å². The predicted molar refractivity (Wildman–Crippen MR) is 95.3 cm³/mol. The van der Waals surface area contributed by atoms with Crippen molar-refractivity contribution in [3.63, 3.8) is 0 Å². The molecule has 0 spiro atoms. The molecule has 0 aromatic carbocycles. The summed E-state index contributed by atoms with van der Waals surface area (Å²) >= 11 is 0.360. The van der Waals surface area contributed by atoms with Gasteiger partial charge < -0.3 is 0 Å². The van der Waals surface area contributed by atoms with Gasteiger partial charge in [-0.05, 0) is 0 Å². The van der Waals surface area contributed by atoms with Crippen LogP contribution in [0.3, 0.4) is 0 Å². The number of rotatable bonds is 1. The molecule has 0 aromatic heterocycles.